The van der Waals surface area contributed by atoms with Crippen LogP contribution in [0.25, 0.3) is 42.3 Å². The van der Waals surface area contributed by atoms with E-state index >= 15 is 0 Å². The molecule has 5 aromatic rings. The highest BCUT2D eigenvalue weighted by Gasteiger charge is 2.15. The number of halogens is 1. The molecule has 0 bridgehead atoms. The Bertz CT molecular complexity index is 1270. The molecule has 3 aromatic carbocycles. The van der Waals surface area contributed by atoms with E-state index in [0.717, 1.165) is 16.6 Å². The summed E-state index contributed by atoms with van der Waals surface area (Å²) in [5, 5.41) is 3.37. The summed E-state index contributed by atoms with van der Waals surface area (Å²) in [4.78, 5) is 8.77. The van der Waals surface area contributed by atoms with Crippen molar-refractivity contribution in [2.45, 2.75) is 6.92 Å². The Morgan fingerprint density at radius 1 is 0.880 bits per heavy atom. The van der Waals surface area contributed by atoms with Crippen LogP contribution in [0.5, 0.6) is 0 Å². The standard InChI is InChI=1S/C21H13FN2S/c1-12-8-16-14-4-2-3-5-19(14)25-21(16)17(9-12)20-15-7-6-13(22)10-18(15)23-11-24-20/h2-11H,1H3. The fourth-order valence-corrected chi connectivity index (χ4v) is 4.59. The van der Waals surface area contributed by atoms with Crippen LogP contribution in [0.15, 0.2) is 60.9 Å². The van der Waals surface area contributed by atoms with Gasteiger partial charge >= 0.3 is 0 Å². The van der Waals surface area contributed by atoms with Crippen molar-refractivity contribution in [1.29, 1.82) is 0 Å². The van der Waals surface area contributed by atoms with E-state index in [1.807, 2.05) is 0 Å². The number of benzene rings is 3. The quantitative estimate of drug-likeness (QED) is 0.366. The van der Waals surface area contributed by atoms with E-state index in [0.29, 0.717) is 5.52 Å². The Labute approximate surface area is 147 Å². The van der Waals surface area contributed by atoms with Crippen LogP contribution in [-0.4, -0.2) is 9.97 Å². The fourth-order valence-electron chi connectivity index (χ4n) is 3.39. The first-order valence-corrected chi connectivity index (χ1v) is 8.85. The second kappa shape index (κ2) is 5.33. The number of aryl methyl sites for hydroxylation is 1. The summed E-state index contributed by atoms with van der Waals surface area (Å²) in [6, 6.07) is 17.5. The van der Waals surface area contributed by atoms with Crippen LogP contribution >= 0.6 is 11.3 Å². The molecule has 25 heavy (non-hydrogen) atoms. The van der Waals surface area contributed by atoms with Crippen LogP contribution in [0.1, 0.15) is 5.56 Å². The van der Waals surface area contributed by atoms with Gasteiger partial charge in [0.2, 0.25) is 0 Å². The normalized spacial score (nSPS) is 11.6. The molecular weight excluding hydrogens is 331 g/mol. The molecule has 2 heterocycles. The average molecular weight is 344 g/mol. The van der Waals surface area contributed by atoms with Crippen LogP contribution in [0.2, 0.25) is 0 Å². The van der Waals surface area contributed by atoms with Gasteiger partial charge in [-0.15, -0.1) is 11.3 Å². The molecular formula is C21H13FN2S. The Balaban J connectivity index is 1.93. The molecule has 0 aliphatic heterocycles. The lowest BCUT2D eigenvalue weighted by Crippen LogP contribution is -1.91. The number of nitrogens with zero attached hydrogens (tertiary/aromatic N) is 2. The van der Waals surface area contributed by atoms with Crippen LogP contribution in [0.4, 0.5) is 4.39 Å². The summed E-state index contributed by atoms with van der Waals surface area (Å²) in [5.74, 6) is -0.284. The molecule has 0 radical (unpaired) electrons. The van der Waals surface area contributed by atoms with Gasteiger partial charge in [0.05, 0.1) is 11.2 Å². The molecule has 4 heteroatoms. The third-order valence-corrected chi connectivity index (χ3v) is 5.70. The summed E-state index contributed by atoms with van der Waals surface area (Å²) in [7, 11) is 0. The van der Waals surface area contributed by atoms with Gasteiger partial charge in [0.15, 0.2) is 0 Å². The third-order valence-electron chi connectivity index (χ3n) is 4.48. The molecule has 0 saturated carbocycles. The topological polar surface area (TPSA) is 25.8 Å². The van der Waals surface area contributed by atoms with Crippen LogP contribution in [-0.2, 0) is 0 Å². The molecule has 0 unspecified atom stereocenters. The van der Waals surface area contributed by atoms with Gasteiger partial charge in [0, 0.05) is 37.2 Å². The zero-order valence-corrected chi connectivity index (χ0v) is 14.3. The molecule has 0 N–H and O–H groups in total. The highest BCUT2D eigenvalue weighted by atomic mass is 32.1. The van der Waals surface area contributed by atoms with Crippen molar-refractivity contribution in [3.63, 3.8) is 0 Å². The number of hydrogen-bond acceptors (Lipinski definition) is 3. The first-order chi connectivity index (χ1) is 12.2. The van der Waals surface area contributed by atoms with Gasteiger partial charge < -0.3 is 0 Å². The summed E-state index contributed by atoms with van der Waals surface area (Å²) in [6.45, 7) is 2.10. The molecule has 0 fully saturated rings. The van der Waals surface area contributed by atoms with Crippen molar-refractivity contribution in [3.05, 3.63) is 72.3 Å². The maximum absolute atomic E-state index is 13.6. The molecule has 2 aromatic heterocycles. The summed E-state index contributed by atoms with van der Waals surface area (Å²) < 4.78 is 16.0. The largest absolute Gasteiger partial charge is 0.236 e. The Morgan fingerprint density at radius 3 is 2.68 bits per heavy atom. The van der Waals surface area contributed by atoms with Crippen molar-refractivity contribution in [1.82, 2.24) is 9.97 Å². The van der Waals surface area contributed by atoms with Gasteiger partial charge in [-0.2, -0.15) is 0 Å². The van der Waals surface area contributed by atoms with Crippen molar-refractivity contribution < 1.29 is 4.39 Å². The summed E-state index contributed by atoms with van der Waals surface area (Å²) >= 11 is 1.77. The minimum absolute atomic E-state index is 0.284. The van der Waals surface area contributed by atoms with E-state index in [4.69, 9.17) is 0 Å². The van der Waals surface area contributed by atoms with Gasteiger partial charge in [-0.1, -0.05) is 18.2 Å². The predicted octanol–water partition coefficient (Wildman–Crippen LogP) is 6.11. The summed E-state index contributed by atoms with van der Waals surface area (Å²) in [5.41, 5.74) is 3.74. The molecule has 0 aliphatic rings. The number of thiophene rings is 1. The molecule has 0 amide bonds. The average Bonchev–Trinajstić information content (AvgIpc) is 2.99. The minimum Gasteiger partial charge on any atom is -0.236 e. The zero-order chi connectivity index (χ0) is 17.0. The number of hydrogen-bond donors (Lipinski definition) is 0. The van der Waals surface area contributed by atoms with E-state index in [1.165, 1.54) is 44.2 Å². The lowest BCUT2D eigenvalue weighted by molar-refractivity contribution is 0.629. The Morgan fingerprint density at radius 2 is 1.76 bits per heavy atom. The second-order valence-electron chi connectivity index (χ2n) is 6.17. The lowest BCUT2D eigenvalue weighted by Gasteiger charge is -2.08. The molecule has 0 saturated heterocycles. The van der Waals surface area contributed by atoms with Crippen LogP contribution < -0.4 is 0 Å². The highest BCUT2D eigenvalue weighted by Crippen LogP contribution is 2.41. The number of rotatable bonds is 1. The minimum atomic E-state index is -0.284. The van der Waals surface area contributed by atoms with Gasteiger partial charge in [-0.05, 0) is 42.8 Å². The smallest absolute Gasteiger partial charge is 0.125 e. The SMILES string of the molecule is Cc1cc(-c2ncnc3cc(F)ccc23)c2sc3ccccc3c2c1. The number of fused-ring (bicyclic) bond motifs is 4. The Kier molecular flexibility index (Phi) is 3.09. The van der Waals surface area contributed by atoms with E-state index in [-0.39, 0.29) is 5.82 Å². The monoisotopic (exact) mass is 344 g/mol. The van der Waals surface area contributed by atoms with E-state index in [9.17, 15) is 4.39 Å². The van der Waals surface area contributed by atoms with Crippen LogP contribution in [0.3, 0.4) is 0 Å². The molecule has 0 atom stereocenters. The molecule has 0 spiro atoms. The van der Waals surface area contributed by atoms with E-state index in [2.05, 4.69) is 53.3 Å². The molecule has 0 aliphatic carbocycles. The maximum Gasteiger partial charge on any atom is 0.125 e. The van der Waals surface area contributed by atoms with E-state index < -0.39 is 0 Å². The fraction of sp³-hybridized carbons (Fsp3) is 0.0476. The molecule has 5 rings (SSSR count). The third kappa shape index (κ3) is 2.22. The molecule has 2 nitrogen and oxygen atoms in total. The van der Waals surface area contributed by atoms with E-state index in [1.54, 1.807) is 17.4 Å². The lowest BCUT2D eigenvalue weighted by atomic mass is 10.0. The Hall–Kier alpha value is -2.85. The zero-order valence-electron chi connectivity index (χ0n) is 13.5. The van der Waals surface area contributed by atoms with Crippen LogP contribution in [0, 0.1) is 12.7 Å². The van der Waals surface area contributed by atoms with Gasteiger partial charge in [-0.3, -0.25) is 0 Å². The predicted molar refractivity (Wildman–Crippen MR) is 103 cm³/mol. The first-order valence-electron chi connectivity index (χ1n) is 8.03. The van der Waals surface area contributed by atoms with Gasteiger partial charge in [0.1, 0.15) is 12.1 Å². The van der Waals surface area contributed by atoms with Crippen molar-refractivity contribution in [3.8, 4) is 11.3 Å². The second-order valence-corrected chi connectivity index (χ2v) is 7.22. The summed E-state index contributed by atoms with van der Waals surface area (Å²) in [6.07, 6.45) is 1.51. The first kappa shape index (κ1) is 14.5. The van der Waals surface area contributed by atoms with Crippen molar-refractivity contribution in [2.75, 3.05) is 0 Å². The maximum atomic E-state index is 13.6. The van der Waals surface area contributed by atoms with Gasteiger partial charge in [0.25, 0.3) is 0 Å². The highest BCUT2D eigenvalue weighted by molar-refractivity contribution is 7.26. The molecule has 120 valence electrons. The van der Waals surface area contributed by atoms with Gasteiger partial charge in [-0.25, -0.2) is 14.4 Å². The van der Waals surface area contributed by atoms with Crippen molar-refractivity contribution >= 4 is 42.4 Å². The number of aromatic nitrogens is 2. The van der Waals surface area contributed by atoms with Crippen molar-refractivity contribution in [2.24, 2.45) is 0 Å².